The lowest BCUT2D eigenvalue weighted by Gasteiger charge is -2.14. The Hall–Kier alpha value is -0.123. The summed E-state index contributed by atoms with van der Waals surface area (Å²) < 4.78 is 12.5. The van der Waals surface area contributed by atoms with Crippen molar-refractivity contribution in [3.8, 4) is 0 Å². The van der Waals surface area contributed by atoms with Crippen molar-refractivity contribution in [2.24, 2.45) is 0 Å². The molecule has 198 valence electrons. The molecule has 0 aliphatic carbocycles. The van der Waals surface area contributed by atoms with E-state index in [1.54, 1.807) is 0 Å². The Morgan fingerprint density at radius 1 is 0.424 bits per heavy atom. The van der Waals surface area contributed by atoms with Gasteiger partial charge in [-0.3, -0.25) is 0 Å². The van der Waals surface area contributed by atoms with E-state index in [4.69, 9.17) is 8.85 Å². The minimum absolute atomic E-state index is 0.893. The van der Waals surface area contributed by atoms with Crippen LogP contribution >= 0.6 is 0 Å². The van der Waals surface area contributed by atoms with Gasteiger partial charge in [0.15, 0.2) is 0 Å². The molecule has 0 aromatic rings. The van der Waals surface area contributed by atoms with Gasteiger partial charge in [-0.2, -0.15) is 0 Å². The highest BCUT2D eigenvalue weighted by molar-refractivity contribution is 6.50. The lowest BCUT2D eigenvalue weighted by atomic mass is 10.1. The Balaban J connectivity index is 3.94. The van der Waals surface area contributed by atoms with Crippen molar-refractivity contribution in [1.82, 2.24) is 0 Å². The molecule has 0 rings (SSSR count). The molecule has 0 spiro atoms. The van der Waals surface area contributed by atoms with E-state index >= 15 is 0 Å². The van der Waals surface area contributed by atoms with Crippen molar-refractivity contribution in [3.63, 3.8) is 0 Å². The zero-order valence-corrected chi connectivity index (χ0v) is 24.4. The maximum absolute atomic E-state index is 6.25. The van der Waals surface area contributed by atoms with E-state index in [-0.39, 0.29) is 0 Å². The molecule has 0 heterocycles. The molecule has 0 amide bonds. The molecule has 0 saturated heterocycles. The van der Waals surface area contributed by atoms with Crippen LogP contribution in [0.2, 0.25) is 0 Å². The number of allylic oxidation sites excluding steroid dienone is 1. The normalized spacial score (nSPS) is 11.9. The van der Waals surface area contributed by atoms with Gasteiger partial charge in [-0.15, -0.1) is 0 Å². The first-order valence-corrected chi connectivity index (χ1v) is 16.9. The van der Waals surface area contributed by atoms with Crippen LogP contribution in [-0.4, -0.2) is 22.5 Å². The minimum atomic E-state index is -1.63. The molecule has 0 aromatic carbocycles. The van der Waals surface area contributed by atoms with Crippen LogP contribution in [0.25, 0.3) is 0 Å². The van der Waals surface area contributed by atoms with Crippen LogP contribution in [0.1, 0.15) is 168 Å². The number of hydrogen-bond acceptors (Lipinski definition) is 2. The Bertz CT molecular complexity index is 350. The van der Waals surface area contributed by atoms with Crippen molar-refractivity contribution in [2.75, 3.05) is 13.2 Å². The largest absolute Gasteiger partial charge is 0.394 e. The molecule has 0 atom stereocenters. The second-order valence-corrected chi connectivity index (χ2v) is 11.8. The van der Waals surface area contributed by atoms with Crippen molar-refractivity contribution < 1.29 is 8.85 Å². The standard InChI is InChI=1S/C30H62O2Si/c1-4-7-10-13-16-19-22-25-28-31-33(30-27-24-21-18-15-12-9-6-3)32-29-26-23-20-17-14-11-8-5-2/h27,30,33H,4-26,28-29H2,1-3H3. The fourth-order valence-corrected chi connectivity index (χ4v) is 5.81. The Morgan fingerprint density at radius 3 is 1.15 bits per heavy atom. The Kier molecular flexibility index (Phi) is 29.8. The Labute approximate surface area is 211 Å². The molecule has 0 fully saturated rings. The SMILES string of the molecule is CCCCCCCCC=C[SiH](OCCCCCCCCCC)OCCCCCCCCCC. The fraction of sp³-hybridized carbons (Fsp3) is 0.933. The van der Waals surface area contributed by atoms with Gasteiger partial charge in [0.2, 0.25) is 0 Å². The van der Waals surface area contributed by atoms with Crippen LogP contribution in [0.4, 0.5) is 0 Å². The second-order valence-electron chi connectivity index (χ2n) is 10.0. The summed E-state index contributed by atoms with van der Waals surface area (Å²) in [6.45, 7) is 8.65. The molecular weight excluding hydrogens is 420 g/mol. The van der Waals surface area contributed by atoms with Crippen LogP contribution in [0.15, 0.2) is 11.8 Å². The first-order chi connectivity index (χ1) is 16.3. The monoisotopic (exact) mass is 482 g/mol. The lowest BCUT2D eigenvalue weighted by molar-refractivity contribution is 0.198. The zero-order valence-electron chi connectivity index (χ0n) is 23.2. The molecule has 2 nitrogen and oxygen atoms in total. The summed E-state index contributed by atoms with van der Waals surface area (Å²) in [6, 6.07) is 0. The average Bonchev–Trinajstić information content (AvgIpc) is 2.83. The highest BCUT2D eigenvalue weighted by atomic mass is 28.3. The van der Waals surface area contributed by atoms with Crippen molar-refractivity contribution in [2.45, 2.75) is 168 Å². The summed E-state index contributed by atoms with van der Waals surface area (Å²) in [7, 11) is -1.63. The van der Waals surface area contributed by atoms with Gasteiger partial charge >= 0.3 is 9.28 Å². The van der Waals surface area contributed by atoms with Gasteiger partial charge in [0, 0.05) is 13.2 Å². The highest BCUT2D eigenvalue weighted by Gasteiger charge is 2.09. The number of hydrogen-bond donors (Lipinski definition) is 0. The van der Waals surface area contributed by atoms with Crippen LogP contribution in [0, 0.1) is 0 Å². The van der Waals surface area contributed by atoms with Crippen LogP contribution in [0.3, 0.4) is 0 Å². The molecule has 0 saturated carbocycles. The predicted molar refractivity (Wildman–Crippen MR) is 151 cm³/mol. The van der Waals surface area contributed by atoms with Gasteiger partial charge in [-0.25, -0.2) is 0 Å². The third kappa shape index (κ3) is 28.0. The van der Waals surface area contributed by atoms with E-state index in [0.29, 0.717) is 0 Å². The van der Waals surface area contributed by atoms with Gasteiger partial charge in [-0.05, 0) is 31.4 Å². The van der Waals surface area contributed by atoms with E-state index in [9.17, 15) is 0 Å². The van der Waals surface area contributed by atoms with Gasteiger partial charge in [0.05, 0.1) is 0 Å². The number of rotatable bonds is 28. The topological polar surface area (TPSA) is 18.5 Å². The van der Waals surface area contributed by atoms with Gasteiger partial charge < -0.3 is 8.85 Å². The first kappa shape index (κ1) is 32.9. The van der Waals surface area contributed by atoms with Gasteiger partial charge in [-0.1, -0.05) is 149 Å². The van der Waals surface area contributed by atoms with Crippen molar-refractivity contribution in [1.29, 1.82) is 0 Å². The molecule has 0 aliphatic heterocycles. The zero-order chi connectivity index (χ0) is 24.1. The molecule has 0 aromatic heterocycles. The maximum Gasteiger partial charge on any atom is 0.348 e. The third-order valence-electron chi connectivity index (χ3n) is 6.58. The van der Waals surface area contributed by atoms with E-state index in [2.05, 4.69) is 32.5 Å². The molecule has 0 N–H and O–H groups in total. The van der Waals surface area contributed by atoms with Crippen molar-refractivity contribution in [3.05, 3.63) is 11.8 Å². The third-order valence-corrected chi connectivity index (χ3v) is 8.29. The minimum Gasteiger partial charge on any atom is -0.394 e. The van der Waals surface area contributed by atoms with Gasteiger partial charge in [0.1, 0.15) is 0 Å². The van der Waals surface area contributed by atoms with Crippen LogP contribution < -0.4 is 0 Å². The maximum atomic E-state index is 6.25. The van der Waals surface area contributed by atoms with E-state index < -0.39 is 9.28 Å². The molecule has 0 bridgehead atoms. The van der Waals surface area contributed by atoms with E-state index in [1.807, 2.05) is 0 Å². The smallest absolute Gasteiger partial charge is 0.348 e. The first-order valence-electron chi connectivity index (χ1n) is 15.2. The fourth-order valence-electron chi connectivity index (χ4n) is 4.28. The van der Waals surface area contributed by atoms with Crippen molar-refractivity contribution >= 4 is 9.28 Å². The molecule has 0 aliphatic rings. The highest BCUT2D eigenvalue weighted by Crippen LogP contribution is 2.11. The average molecular weight is 483 g/mol. The molecular formula is C30H62O2Si. The molecule has 3 heteroatoms. The molecule has 0 unspecified atom stereocenters. The van der Waals surface area contributed by atoms with Crippen LogP contribution in [-0.2, 0) is 8.85 Å². The summed E-state index contributed by atoms with van der Waals surface area (Å²) in [5.74, 6) is 0. The van der Waals surface area contributed by atoms with E-state index in [1.165, 1.54) is 148 Å². The molecule has 0 radical (unpaired) electrons. The number of unbranched alkanes of at least 4 members (excludes halogenated alkanes) is 20. The predicted octanol–water partition coefficient (Wildman–Crippen LogP) is 10.4. The quantitative estimate of drug-likeness (QED) is 0.0815. The molecule has 33 heavy (non-hydrogen) atoms. The second kappa shape index (κ2) is 29.9. The summed E-state index contributed by atoms with van der Waals surface area (Å²) in [4.78, 5) is 0. The lowest BCUT2D eigenvalue weighted by Crippen LogP contribution is -2.22. The summed E-state index contributed by atoms with van der Waals surface area (Å²) in [5, 5.41) is 0. The van der Waals surface area contributed by atoms with Crippen LogP contribution in [0.5, 0.6) is 0 Å². The summed E-state index contributed by atoms with van der Waals surface area (Å²) in [6.07, 6.45) is 33.4. The summed E-state index contributed by atoms with van der Waals surface area (Å²) >= 11 is 0. The summed E-state index contributed by atoms with van der Waals surface area (Å²) in [5.41, 5.74) is 2.32. The van der Waals surface area contributed by atoms with E-state index in [0.717, 1.165) is 13.2 Å². The van der Waals surface area contributed by atoms with Gasteiger partial charge in [0.25, 0.3) is 0 Å². The Morgan fingerprint density at radius 2 is 0.758 bits per heavy atom.